The summed E-state index contributed by atoms with van der Waals surface area (Å²) >= 11 is 6.03. The SMILES string of the molecule is CN(C)/C=N/C1=C(C#N)C(c2ccc(Cl)cc2)c2c(c3ccccc3oc2=O)O1. The van der Waals surface area contributed by atoms with Gasteiger partial charge in [0.1, 0.15) is 17.2 Å². The monoisotopic (exact) mass is 405 g/mol. The van der Waals surface area contributed by atoms with Gasteiger partial charge in [0.15, 0.2) is 5.75 Å². The smallest absolute Gasteiger partial charge is 0.344 e. The largest absolute Gasteiger partial charge is 0.437 e. The number of hydrogen-bond acceptors (Lipinski definition) is 5. The molecular weight excluding hydrogens is 390 g/mol. The van der Waals surface area contributed by atoms with Crippen molar-refractivity contribution in [3.8, 4) is 11.8 Å². The molecule has 0 fully saturated rings. The predicted molar refractivity (Wildman–Crippen MR) is 111 cm³/mol. The van der Waals surface area contributed by atoms with Gasteiger partial charge in [0.25, 0.3) is 0 Å². The van der Waals surface area contributed by atoms with Crippen LogP contribution in [0, 0.1) is 11.3 Å². The summed E-state index contributed by atoms with van der Waals surface area (Å²) in [5.74, 6) is -0.192. The molecule has 1 aromatic heterocycles. The topological polar surface area (TPSA) is 78.8 Å². The maximum Gasteiger partial charge on any atom is 0.344 e. The van der Waals surface area contributed by atoms with Crippen molar-refractivity contribution in [2.24, 2.45) is 4.99 Å². The van der Waals surface area contributed by atoms with Crippen LogP contribution in [0.15, 0.2) is 74.2 Å². The van der Waals surface area contributed by atoms with Crippen LogP contribution in [0.3, 0.4) is 0 Å². The third-order valence-corrected chi connectivity index (χ3v) is 4.79. The first-order valence-electron chi connectivity index (χ1n) is 8.83. The second-order valence-electron chi connectivity index (χ2n) is 6.75. The summed E-state index contributed by atoms with van der Waals surface area (Å²) in [5.41, 5.74) is 1.06. The van der Waals surface area contributed by atoms with Gasteiger partial charge >= 0.3 is 5.63 Å². The Kier molecular flexibility index (Phi) is 4.83. The summed E-state index contributed by atoms with van der Waals surface area (Å²) in [6, 6.07) is 16.3. The number of nitriles is 1. The summed E-state index contributed by atoms with van der Waals surface area (Å²) in [7, 11) is 3.63. The van der Waals surface area contributed by atoms with E-state index in [1.165, 1.54) is 0 Å². The fourth-order valence-corrected chi connectivity index (χ4v) is 3.40. The maximum absolute atomic E-state index is 12.9. The van der Waals surface area contributed by atoms with E-state index in [4.69, 9.17) is 20.8 Å². The predicted octanol–water partition coefficient (Wildman–Crippen LogP) is 4.30. The first-order chi connectivity index (χ1) is 14.0. The molecule has 0 amide bonds. The molecule has 1 aliphatic rings. The normalized spacial score (nSPS) is 15.9. The fraction of sp³-hybridized carbons (Fsp3) is 0.136. The molecule has 2 heterocycles. The van der Waals surface area contributed by atoms with Gasteiger partial charge in [-0.25, -0.2) is 9.79 Å². The van der Waals surface area contributed by atoms with Gasteiger partial charge in [-0.1, -0.05) is 35.9 Å². The van der Waals surface area contributed by atoms with Crippen LogP contribution in [0.4, 0.5) is 0 Å². The molecule has 7 heteroatoms. The summed E-state index contributed by atoms with van der Waals surface area (Å²) in [5, 5.41) is 11.1. The highest BCUT2D eigenvalue weighted by atomic mass is 35.5. The van der Waals surface area contributed by atoms with E-state index in [9.17, 15) is 10.1 Å². The Labute approximate surface area is 171 Å². The number of allylic oxidation sites excluding steroid dienone is 1. The number of hydrogen-bond donors (Lipinski definition) is 0. The standard InChI is InChI=1S/C22H16ClN3O3/c1-26(2)12-25-21-16(11-24)18(13-7-9-14(23)10-8-13)19-20(29-21)15-5-3-4-6-17(15)28-22(19)27/h3-10,12,18H,1-2H3/b25-12+. The molecular formula is C22H16ClN3O3. The second-order valence-corrected chi connectivity index (χ2v) is 7.19. The highest BCUT2D eigenvalue weighted by molar-refractivity contribution is 6.30. The molecule has 0 radical (unpaired) electrons. The number of para-hydroxylation sites is 1. The lowest BCUT2D eigenvalue weighted by Gasteiger charge is -2.26. The van der Waals surface area contributed by atoms with E-state index in [0.717, 1.165) is 5.56 Å². The Morgan fingerprint density at radius 2 is 1.90 bits per heavy atom. The number of ether oxygens (including phenoxy) is 1. The first kappa shape index (κ1) is 18.8. The van der Waals surface area contributed by atoms with Crippen molar-refractivity contribution < 1.29 is 9.15 Å². The molecule has 0 spiro atoms. The Bertz CT molecular complexity index is 1250. The Morgan fingerprint density at radius 1 is 1.17 bits per heavy atom. The van der Waals surface area contributed by atoms with Crippen LogP contribution in [0.2, 0.25) is 5.02 Å². The van der Waals surface area contributed by atoms with Crippen LogP contribution in [0.1, 0.15) is 17.0 Å². The highest BCUT2D eigenvalue weighted by Gasteiger charge is 2.36. The van der Waals surface area contributed by atoms with Gasteiger partial charge in [0, 0.05) is 19.1 Å². The van der Waals surface area contributed by atoms with Crippen LogP contribution in [0.5, 0.6) is 5.75 Å². The van der Waals surface area contributed by atoms with E-state index in [1.54, 1.807) is 53.7 Å². The van der Waals surface area contributed by atoms with E-state index in [-0.39, 0.29) is 17.0 Å². The molecule has 0 bridgehead atoms. The van der Waals surface area contributed by atoms with E-state index in [2.05, 4.69) is 11.1 Å². The molecule has 6 nitrogen and oxygen atoms in total. The van der Waals surface area contributed by atoms with Crippen LogP contribution in [-0.4, -0.2) is 25.3 Å². The van der Waals surface area contributed by atoms with Crippen LogP contribution < -0.4 is 10.4 Å². The number of nitrogens with zero attached hydrogens (tertiary/aromatic N) is 3. The molecule has 1 unspecified atom stereocenters. The zero-order valence-electron chi connectivity index (χ0n) is 15.7. The van der Waals surface area contributed by atoms with E-state index >= 15 is 0 Å². The van der Waals surface area contributed by atoms with Crippen molar-refractivity contribution in [3.05, 3.63) is 86.6 Å². The van der Waals surface area contributed by atoms with Crippen molar-refractivity contribution in [2.75, 3.05) is 14.1 Å². The van der Waals surface area contributed by atoms with Gasteiger partial charge in [-0.3, -0.25) is 0 Å². The quantitative estimate of drug-likeness (QED) is 0.369. The average Bonchev–Trinajstić information content (AvgIpc) is 2.71. The molecule has 29 heavy (non-hydrogen) atoms. The van der Waals surface area contributed by atoms with E-state index in [0.29, 0.717) is 21.7 Å². The Morgan fingerprint density at radius 3 is 2.59 bits per heavy atom. The molecule has 1 atom stereocenters. The molecule has 144 valence electrons. The average molecular weight is 406 g/mol. The minimum atomic E-state index is -0.684. The van der Waals surface area contributed by atoms with Crippen LogP contribution >= 0.6 is 11.6 Å². The second kappa shape index (κ2) is 7.46. The summed E-state index contributed by atoms with van der Waals surface area (Å²) < 4.78 is 11.5. The summed E-state index contributed by atoms with van der Waals surface area (Å²) in [6.45, 7) is 0. The van der Waals surface area contributed by atoms with Crippen molar-refractivity contribution in [2.45, 2.75) is 5.92 Å². The molecule has 1 aliphatic heterocycles. The van der Waals surface area contributed by atoms with Crippen molar-refractivity contribution in [1.82, 2.24) is 4.90 Å². The molecule has 4 rings (SSSR count). The Hall–Kier alpha value is -3.56. The van der Waals surface area contributed by atoms with Crippen molar-refractivity contribution >= 4 is 28.9 Å². The Balaban J connectivity index is 2.05. The third kappa shape index (κ3) is 3.37. The van der Waals surface area contributed by atoms with Gasteiger partial charge in [-0.05, 0) is 29.8 Å². The maximum atomic E-state index is 12.9. The van der Waals surface area contributed by atoms with E-state index < -0.39 is 11.5 Å². The minimum Gasteiger partial charge on any atom is -0.437 e. The van der Waals surface area contributed by atoms with Gasteiger partial charge in [-0.15, -0.1) is 0 Å². The van der Waals surface area contributed by atoms with Gasteiger partial charge < -0.3 is 14.1 Å². The number of fused-ring (bicyclic) bond motifs is 3. The number of aliphatic imine (C=N–C) groups is 1. The molecule has 0 saturated carbocycles. The van der Waals surface area contributed by atoms with Gasteiger partial charge in [0.05, 0.1) is 23.2 Å². The number of halogens is 1. The van der Waals surface area contributed by atoms with Crippen molar-refractivity contribution in [1.29, 1.82) is 5.26 Å². The number of rotatable bonds is 3. The molecule has 2 aromatic carbocycles. The highest BCUT2D eigenvalue weighted by Crippen LogP contribution is 2.44. The van der Waals surface area contributed by atoms with Crippen LogP contribution in [0.25, 0.3) is 11.0 Å². The lowest BCUT2D eigenvalue weighted by atomic mass is 9.84. The third-order valence-electron chi connectivity index (χ3n) is 4.54. The molecule has 0 saturated heterocycles. The molecule has 3 aromatic rings. The molecule has 0 N–H and O–H groups in total. The minimum absolute atomic E-state index is 0.143. The lowest BCUT2D eigenvalue weighted by molar-refractivity contribution is 0.388. The summed E-state index contributed by atoms with van der Waals surface area (Å²) in [6.07, 6.45) is 1.55. The summed E-state index contributed by atoms with van der Waals surface area (Å²) in [4.78, 5) is 19.0. The fourth-order valence-electron chi connectivity index (χ4n) is 3.28. The zero-order chi connectivity index (χ0) is 20.5. The van der Waals surface area contributed by atoms with Gasteiger partial charge in [-0.2, -0.15) is 5.26 Å². The van der Waals surface area contributed by atoms with Crippen LogP contribution in [-0.2, 0) is 0 Å². The van der Waals surface area contributed by atoms with Gasteiger partial charge in [0.2, 0.25) is 5.88 Å². The van der Waals surface area contributed by atoms with E-state index in [1.807, 2.05) is 20.2 Å². The molecule has 0 aliphatic carbocycles. The lowest BCUT2D eigenvalue weighted by Crippen LogP contribution is -2.23. The number of benzene rings is 2. The first-order valence-corrected chi connectivity index (χ1v) is 9.21. The van der Waals surface area contributed by atoms with Crippen molar-refractivity contribution in [3.63, 3.8) is 0 Å². The zero-order valence-corrected chi connectivity index (χ0v) is 16.5.